The highest BCUT2D eigenvalue weighted by Gasteiger charge is 2.12. The van der Waals surface area contributed by atoms with Gasteiger partial charge in [0.25, 0.3) is 0 Å². The van der Waals surface area contributed by atoms with E-state index in [1.165, 1.54) is 11.1 Å². The molecule has 0 aromatic heterocycles. The van der Waals surface area contributed by atoms with E-state index in [1.807, 2.05) is 43.3 Å². The first-order valence-electron chi connectivity index (χ1n) is 8.76. The van der Waals surface area contributed by atoms with Gasteiger partial charge in [0, 0.05) is 6.61 Å². The van der Waals surface area contributed by atoms with E-state index in [0.29, 0.717) is 13.0 Å². The second-order valence-electron chi connectivity index (χ2n) is 5.63. The van der Waals surface area contributed by atoms with Crippen LogP contribution in [0.5, 0.6) is 0 Å². The Morgan fingerprint density at radius 2 is 1.29 bits per heavy atom. The van der Waals surface area contributed by atoms with Crippen LogP contribution in [0.1, 0.15) is 56.8 Å². The van der Waals surface area contributed by atoms with Crippen LogP contribution in [-0.4, -0.2) is 23.1 Å². The van der Waals surface area contributed by atoms with Crippen molar-refractivity contribution < 1.29 is 14.9 Å². The van der Waals surface area contributed by atoms with Crippen molar-refractivity contribution in [3.63, 3.8) is 0 Å². The number of ether oxygens (including phenoxy) is 1. The van der Waals surface area contributed by atoms with Gasteiger partial charge in [0.15, 0.2) is 6.29 Å². The molecule has 2 rings (SSSR count). The van der Waals surface area contributed by atoms with Crippen LogP contribution in [0, 0.1) is 0 Å². The maximum Gasteiger partial charge on any atom is 0.151 e. The van der Waals surface area contributed by atoms with Crippen molar-refractivity contribution in [2.45, 2.75) is 51.9 Å². The van der Waals surface area contributed by atoms with E-state index in [1.54, 1.807) is 0 Å². The highest BCUT2D eigenvalue weighted by molar-refractivity contribution is 5.29. The number of benzene rings is 2. The average Bonchev–Trinajstić information content (AvgIpc) is 2.62. The molecule has 24 heavy (non-hydrogen) atoms. The molecule has 132 valence electrons. The van der Waals surface area contributed by atoms with Crippen molar-refractivity contribution in [1.82, 2.24) is 0 Å². The molecule has 0 amide bonds. The first-order valence-corrected chi connectivity index (χ1v) is 8.76. The van der Waals surface area contributed by atoms with Gasteiger partial charge in [0.2, 0.25) is 0 Å². The minimum atomic E-state index is -1.10. The Morgan fingerprint density at radius 1 is 0.792 bits per heavy atom. The highest BCUT2D eigenvalue weighted by atomic mass is 16.5. The minimum absolute atomic E-state index is 0.0485. The van der Waals surface area contributed by atoms with Gasteiger partial charge in [-0.15, -0.1) is 0 Å². The zero-order chi connectivity index (χ0) is 17.6. The molecule has 0 atom stereocenters. The lowest BCUT2D eigenvalue weighted by atomic mass is 10.0. The summed E-state index contributed by atoms with van der Waals surface area (Å²) in [5, 5.41) is 16.7. The van der Waals surface area contributed by atoms with Gasteiger partial charge in [-0.05, 0) is 30.9 Å². The van der Waals surface area contributed by atoms with Gasteiger partial charge >= 0.3 is 0 Å². The smallest absolute Gasteiger partial charge is 0.151 e. The Morgan fingerprint density at radius 3 is 1.67 bits per heavy atom. The van der Waals surface area contributed by atoms with Gasteiger partial charge in [-0.3, -0.25) is 0 Å². The monoisotopic (exact) mass is 330 g/mol. The van der Waals surface area contributed by atoms with Gasteiger partial charge < -0.3 is 14.9 Å². The second kappa shape index (κ2) is 12.7. The lowest BCUT2D eigenvalue weighted by molar-refractivity contribution is -0.0465. The van der Waals surface area contributed by atoms with Crippen LogP contribution in [0.15, 0.2) is 60.7 Å². The minimum Gasteiger partial charge on any atom is -0.369 e. The number of aliphatic hydroxyl groups is 2. The summed E-state index contributed by atoms with van der Waals surface area (Å²) in [6.45, 7) is 4.83. The SMILES string of the molecule is CCCCCC(O)O.CCOC(c1ccccc1)c1ccccc1. The van der Waals surface area contributed by atoms with Crippen molar-refractivity contribution in [2.24, 2.45) is 0 Å². The van der Waals surface area contributed by atoms with E-state index in [9.17, 15) is 0 Å². The molecule has 0 bridgehead atoms. The first kappa shape index (κ1) is 20.4. The van der Waals surface area contributed by atoms with E-state index in [2.05, 4.69) is 31.2 Å². The van der Waals surface area contributed by atoms with Gasteiger partial charge in [-0.25, -0.2) is 0 Å². The first-order chi connectivity index (χ1) is 11.7. The molecule has 0 saturated carbocycles. The molecule has 0 saturated heterocycles. The number of rotatable bonds is 8. The summed E-state index contributed by atoms with van der Waals surface area (Å²) in [5.74, 6) is 0. The summed E-state index contributed by atoms with van der Waals surface area (Å²) in [7, 11) is 0. The van der Waals surface area contributed by atoms with Gasteiger partial charge in [0.05, 0.1) is 0 Å². The third kappa shape index (κ3) is 8.25. The second-order valence-corrected chi connectivity index (χ2v) is 5.63. The molecule has 0 aliphatic heterocycles. The van der Waals surface area contributed by atoms with Crippen LogP contribution in [-0.2, 0) is 4.74 Å². The Balaban J connectivity index is 0.000000307. The van der Waals surface area contributed by atoms with Crippen LogP contribution in [0.4, 0.5) is 0 Å². The summed E-state index contributed by atoms with van der Waals surface area (Å²) in [6, 6.07) is 20.7. The largest absolute Gasteiger partial charge is 0.369 e. The van der Waals surface area contributed by atoms with E-state index >= 15 is 0 Å². The van der Waals surface area contributed by atoms with E-state index in [0.717, 1.165) is 19.3 Å². The summed E-state index contributed by atoms with van der Waals surface area (Å²) in [4.78, 5) is 0. The van der Waals surface area contributed by atoms with Crippen LogP contribution in [0.2, 0.25) is 0 Å². The van der Waals surface area contributed by atoms with Gasteiger partial charge in [-0.1, -0.05) is 80.4 Å². The molecule has 0 aliphatic carbocycles. The van der Waals surface area contributed by atoms with Crippen molar-refractivity contribution in [3.8, 4) is 0 Å². The fourth-order valence-corrected chi connectivity index (χ4v) is 2.38. The molecule has 2 aromatic carbocycles. The van der Waals surface area contributed by atoms with Gasteiger partial charge in [0.1, 0.15) is 6.10 Å². The average molecular weight is 330 g/mol. The number of unbranched alkanes of at least 4 members (excludes halogenated alkanes) is 2. The summed E-state index contributed by atoms with van der Waals surface area (Å²) < 4.78 is 5.81. The van der Waals surface area contributed by atoms with Crippen molar-refractivity contribution in [1.29, 1.82) is 0 Å². The number of hydrogen-bond donors (Lipinski definition) is 2. The van der Waals surface area contributed by atoms with Crippen LogP contribution >= 0.6 is 0 Å². The lowest BCUT2D eigenvalue weighted by Gasteiger charge is -2.17. The number of aliphatic hydroxyl groups excluding tert-OH is 1. The Hall–Kier alpha value is -1.68. The molecule has 0 spiro atoms. The van der Waals surface area contributed by atoms with Crippen molar-refractivity contribution in [2.75, 3.05) is 6.61 Å². The molecule has 0 fully saturated rings. The molecule has 0 heterocycles. The fraction of sp³-hybridized carbons (Fsp3) is 0.429. The summed E-state index contributed by atoms with van der Waals surface area (Å²) in [5.41, 5.74) is 2.41. The summed E-state index contributed by atoms with van der Waals surface area (Å²) >= 11 is 0. The van der Waals surface area contributed by atoms with Crippen LogP contribution < -0.4 is 0 Å². The van der Waals surface area contributed by atoms with Crippen molar-refractivity contribution >= 4 is 0 Å². The molecule has 0 radical (unpaired) electrons. The molecule has 0 aliphatic rings. The standard InChI is InChI=1S/C15H16O.C6H14O2/c1-2-16-15(13-9-5-3-6-10-13)14-11-7-4-8-12-14;1-2-3-4-5-6(7)8/h3-12,15H,2H2,1H3;6-8H,2-5H2,1H3. The van der Waals surface area contributed by atoms with Crippen LogP contribution in [0.3, 0.4) is 0 Å². The molecule has 0 unspecified atom stereocenters. The Labute approximate surface area is 145 Å². The van der Waals surface area contributed by atoms with E-state index in [-0.39, 0.29) is 6.10 Å². The maximum absolute atomic E-state index is 8.33. The Bertz CT molecular complexity index is 472. The molecule has 3 heteroatoms. The number of hydrogen-bond acceptors (Lipinski definition) is 3. The van der Waals surface area contributed by atoms with Crippen molar-refractivity contribution in [3.05, 3.63) is 71.8 Å². The molecular formula is C21H30O3. The lowest BCUT2D eigenvalue weighted by Crippen LogP contribution is -2.05. The summed E-state index contributed by atoms with van der Waals surface area (Å²) in [6.07, 6.45) is 2.63. The molecule has 3 nitrogen and oxygen atoms in total. The predicted molar refractivity (Wildman–Crippen MR) is 98.7 cm³/mol. The molecule has 2 aromatic rings. The molecule has 2 N–H and O–H groups in total. The molecular weight excluding hydrogens is 300 g/mol. The normalized spacial score (nSPS) is 10.6. The zero-order valence-corrected chi connectivity index (χ0v) is 14.8. The van der Waals surface area contributed by atoms with Gasteiger partial charge in [-0.2, -0.15) is 0 Å². The quantitative estimate of drug-likeness (QED) is 0.545. The maximum atomic E-state index is 8.33. The third-order valence-corrected chi connectivity index (χ3v) is 3.60. The zero-order valence-electron chi connectivity index (χ0n) is 14.8. The predicted octanol–water partition coefficient (Wildman–Crippen LogP) is 4.69. The van der Waals surface area contributed by atoms with Crippen LogP contribution in [0.25, 0.3) is 0 Å². The third-order valence-electron chi connectivity index (χ3n) is 3.60. The topological polar surface area (TPSA) is 49.7 Å². The van der Waals surface area contributed by atoms with E-state index in [4.69, 9.17) is 14.9 Å². The van der Waals surface area contributed by atoms with E-state index < -0.39 is 6.29 Å². The highest BCUT2D eigenvalue weighted by Crippen LogP contribution is 2.25. The fourth-order valence-electron chi connectivity index (χ4n) is 2.38. The Kier molecular flexibility index (Phi) is 10.8.